The van der Waals surface area contributed by atoms with Crippen molar-refractivity contribution in [2.75, 3.05) is 38.1 Å². The fourth-order valence-corrected chi connectivity index (χ4v) is 3.17. The first-order valence-electron chi connectivity index (χ1n) is 8.61. The molecule has 7 heteroatoms. The maximum absolute atomic E-state index is 12.3. The highest BCUT2D eigenvalue weighted by atomic mass is 16.3. The lowest BCUT2D eigenvalue weighted by Gasteiger charge is -2.37. The predicted octanol–water partition coefficient (Wildman–Crippen LogP) is -0.0438. The van der Waals surface area contributed by atoms with Gasteiger partial charge in [0.25, 0.3) is 11.8 Å². The second-order valence-corrected chi connectivity index (χ2v) is 6.35. The van der Waals surface area contributed by atoms with E-state index in [2.05, 4.69) is 40.5 Å². The average Bonchev–Trinajstić information content (AvgIpc) is 2.71. The predicted molar refractivity (Wildman–Crippen MR) is 98.8 cm³/mol. The fraction of sp³-hybridized carbons (Fsp3) is 0.368. The zero-order valence-electron chi connectivity index (χ0n) is 14.6. The van der Waals surface area contributed by atoms with E-state index in [1.54, 1.807) is 0 Å². The number of hydrogen-bond donors (Lipinski definition) is 3. The average molecular weight is 357 g/mol. The lowest BCUT2D eigenvalue weighted by molar-refractivity contribution is -0.153. The number of fused-ring (bicyclic) bond motifs is 1. The SMILES string of the molecule is CNC(=O)[C@H](O)[C@@H](O)C(=O)N1CCN(c2ccc3ccccc3c2)CC1. The molecule has 0 unspecified atom stereocenters. The van der Waals surface area contributed by atoms with Gasteiger partial charge in [-0.15, -0.1) is 0 Å². The highest BCUT2D eigenvalue weighted by Crippen LogP contribution is 2.23. The number of aliphatic hydroxyl groups excluding tert-OH is 2. The molecule has 2 atom stereocenters. The number of hydrogen-bond acceptors (Lipinski definition) is 5. The maximum Gasteiger partial charge on any atom is 0.254 e. The fourth-order valence-electron chi connectivity index (χ4n) is 3.17. The van der Waals surface area contributed by atoms with E-state index in [4.69, 9.17) is 0 Å². The molecule has 2 amide bonds. The number of carbonyl (C=O) groups excluding carboxylic acids is 2. The first-order valence-corrected chi connectivity index (χ1v) is 8.61. The summed E-state index contributed by atoms with van der Waals surface area (Å²) in [5.74, 6) is -1.40. The van der Waals surface area contributed by atoms with Crippen LogP contribution in [0.5, 0.6) is 0 Å². The summed E-state index contributed by atoms with van der Waals surface area (Å²) >= 11 is 0. The minimum absolute atomic E-state index is 0.420. The summed E-state index contributed by atoms with van der Waals surface area (Å²) in [5.41, 5.74) is 1.08. The molecular weight excluding hydrogens is 334 g/mol. The van der Waals surface area contributed by atoms with Gasteiger partial charge in [0.1, 0.15) is 0 Å². The molecular formula is C19H23N3O4. The van der Waals surface area contributed by atoms with Gasteiger partial charge in [-0.05, 0) is 22.9 Å². The number of nitrogens with one attached hydrogen (secondary N) is 1. The molecule has 0 spiro atoms. The highest BCUT2D eigenvalue weighted by molar-refractivity contribution is 5.90. The van der Waals surface area contributed by atoms with Crippen LogP contribution in [0.15, 0.2) is 42.5 Å². The third-order valence-corrected chi connectivity index (χ3v) is 4.76. The number of nitrogens with zero attached hydrogens (tertiary/aromatic N) is 2. The summed E-state index contributed by atoms with van der Waals surface area (Å²) in [7, 11) is 1.34. The summed E-state index contributed by atoms with van der Waals surface area (Å²) in [5, 5.41) is 24.2. The van der Waals surface area contributed by atoms with E-state index in [1.165, 1.54) is 17.3 Å². The molecule has 0 radical (unpaired) electrons. The smallest absolute Gasteiger partial charge is 0.254 e. The van der Waals surface area contributed by atoms with Crippen molar-refractivity contribution in [2.24, 2.45) is 0 Å². The largest absolute Gasteiger partial charge is 0.380 e. The van der Waals surface area contributed by atoms with Crippen molar-refractivity contribution in [3.63, 3.8) is 0 Å². The van der Waals surface area contributed by atoms with Crippen LogP contribution in [0.4, 0.5) is 5.69 Å². The Morgan fingerprint density at radius 1 is 0.962 bits per heavy atom. The van der Waals surface area contributed by atoms with Crippen molar-refractivity contribution in [1.82, 2.24) is 10.2 Å². The van der Waals surface area contributed by atoms with Crippen LogP contribution in [-0.4, -0.2) is 72.4 Å². The Balaban J connectivity index is 1.63. The van der Waals surface area contributed by atoms with E-state index in [1.807, 2.05) is 12.1 Å². The number of benzene rings is 2. The van der Waals surface area contributed by atoms with E-state index in [9.17, 15) is 19.8 Å². The molecule has 7 nitrogen and oxygen atoms in total. The van der Waals surface area contributed by atoms with Crippen molar-refractivity contribution in [1.29, 1.82) is 0 Å². The van der Waals surface area contributed by atoms with Crippen LogP contribution in [0.25, 0.3) is 10.8 Å². The van der Waals surface area contributed by atoms with Gasteiger partial charge in [-0.1, -0.05) is 30.3 Å². The monoisotopic (exact) mass is 357 g/mol. The lowest BCUT2D eigenvalue weighted by Crippen LogP contribution is -2.55. The highest BCUT2D eigenvalue weighted by Gasteiger charge is 2.34. The van der Waals surface area contributed by atoms with E-state index < -0.39 is 24.0 Å². The zero-order valence-corrected chi connectivity index (χ0v) is 14.6. The molecule has 1 saturated heterocycles. The number of aliphatic hydroxyl groups is 2. The van der Waals surface area contributed by atoms with Gasteiger partial charge in [0, 0.05) is 38.9 Å². The number of amides is 2. The summed E-state index contributed by atoms with van der Waals surface area (Å²) < 4.78 is 0. The Morgan fingerprint density at radius 2 is 1.62 bits per heavy atom. The molecule has 3 N–H and O–H groups in total. The molecule has 3 rings (SSSR count). The topological polar surface area (TPSA) is 93.1 Å². The number of likely N-dealkylation sites (N-methyl/N-ethyl adjacent to an activating group) is 1. The van der Waals surface area contributed by atoms with E-state index in [-0.39, 0.29) is 0 Å². The lowest BCUT2D eigenvalue weighted by atomic mass is 10.1. The van der Waals surface area contributed by atoms with Gasteiger partial charge >= 0.3 is 0 Å². The quantitative estimate of drug-likeness (QED) is 0.714. The normalized spacial score (nSPS) is 17.0. The van der Waals surface area contributed by atoms with Gasteiger partial charge in [-0.3, -0.25) is 9.59 Å². The molecule has 1 heterocycles. The van der Waals surface area contributed by atoms with E-state index >= 15 is 0 Å². The first-order chi connectivity index (χ1) is 12.5. The Hall–Kier alpha value is -2.64. The minimum atomic E-state index is -1.76. The van der Waals surface area contributed by atoms with Crippen molar-refractivity contribution in [2.45, 2.75) is 12.2 Å². The molecule has 2 aromatic carbocycles. The second-order valence-electron chi connectivity index (χ2n) is 6.35. The van der Waals surface area contributed by atoms with Gasteiger partial charge in [-0.25, -0.2) is 0 Å². The first kappa shape index (κ1) is 18.2. The van der Waals surface area contributed by atoms with Crippen LogP contribution in [-0.2, 0) is 9.59 Å². The standard InChI is InChI=1S/C19H23N3O4/c1-20-18(25)16(23)17(24)19(26)22-10-8-21(9-11-22)15-7-6-13-4-2-3-5-14(13)12-15/h2-7,12,16-17,23-24H,8-11H2,1H3,(H,20,25)/t16-,17-/m1/s1. The number of carbonyl (C=O) groups is 2. The van der Waals surface area contributed by atoms with Gasteiger partial charge in [0.05, 0.1) is 0 Å². The number of rotatable bonds is 4. The minimum Gasteiger partial charge on any atom is -0.380 e. The van der Waals surface area contributed by atoms with Crippen molar-refractivity contribution in [3.8, 4) is 0 Å². The van der Waals surface area contributed by atoms with Crippen molar-refractivity contribution >= 4 is 28.3 Å². The summed E-state index contributed by atoms with van der Waals surface area (Å²) in [6.45, 7) is 2.08. The molecule has 0 aromatic heterocycles. The summed E-state index contributed by atoms with van der Waals surface area (Å²) in [4.78, 5) is 27.3. The zero-order chi connectivity index (χ0) is 18.7. The van der Waals surface area contributed by atoms with Crippen LogP contribution in [0.1, 0.15) is 0 Å². The van der Waals surface area contributed by atoms with Crippen LogP contribution in [0.3, 0.4) is 0 Å². The van der Waals surface area contributed by atoms with Crippen LogP contribution < -0.4 is 10.2 Å². The molecule has 2 aromatic rings. The molecule has 26 heavy (non-hydrogen) atoms. The van der Waals surface area contributed by atoms with Gasteiger partial charge in [-0.2, -0.15) is 0 Å². The van der Waals surface area contributed by atoms with Gasteiger partial charge < -0.3 is 25.3 Å². The van der Waals surface area contributed by atoms with E-state index in [0.717, 1.165) is 11.1 Å². The third kappa shape index (κ3) is 3.63. The molecule has 1 fully saturated rings. The number of piperazine rings is 1. The molecule has 138 valence electrons. The van der Waals surface area contributed by atoms with Gasteiger partial charge in [0.2, 0.25) is 0 Å². The maximum atomic E-state index is 12.3. The Morgan fingerprint density at radius 3 is 2.27 bits per heavy atom. The molecule has 1 aliphatic heterocycles. The third-order valence-electron chi connectivity index (χ3n) is 4.76. The van der Waals surface area contributed by atoms with E-state index in [0.29, 0.717) is 26.2 Å². The molecule has 0 saturated carbocycles. The summed E-state index contributed by atoms with van der Waals surface area (Å²) in [6, 6.07) is 14.4. The Labute approximate surface area is 151 Å². The second kappa shape index (κ2) is 7.72. The molecule has 1 aliphatic rings. The number of anilines is 1. The molecule has 0 bridgehead atoms. The Bertz CT molecular complexity index is 802. The van der Waals surface area contributed by atoms with Crippen molar-refractivity contribution in [3.05, 3.63) is 42.5 Å². The Kier molecular flexibility index (Phi) is 5.39. The summed E-state index contributed by atoms with van der Waals surface area (Å²) in [6.07, 6.45) is -3.51. The van der Waals surface area contributed by atoms with Crippen LogP contribution in [0.2, 0.25) is 0 Å². The van der Waals surface area contributed by atoms with Crippen LogP contribution in [0, 0.1) is 0 Å². The van der Waals surface area contributed by atoms with Crippen molar-refractivity contribution < 1.29 is 19.8 Å². The van der Waals surface area contributed by atoms with Crippen LogP contribution >= 0.6 is 0 Å². The molecule has 0 aliphatic carbocycles. The van der Waals surface area contributed by atoms with Gasteiger partial charge in [0.15, 0.2) is 12.2 Å².